The third kappa shape index (κ3) is 4.31. The minimum absolute atomic E-state index is 0.227. The van der Waals surface area contributed by atoms with Crippen LogP contribution in [0.25, 0.3) is 0 Å². The first-order valence-corrected chi connectivity index (χ1v) is 8.11. The summed E-state index contributed by atoms with van der Waals surface area (Å²) in [6.07, 6.45) is 0.986. The van der Waals surface area contributed by atoms with Gasteiger partial charge >= 0.3 is 0 Å². The predicted octanol–water partition coefficient (Wildman–Crippen LogP) is 5.05. The number of nitrogens with one attached hydrogen (secondary N) is 2. The fourth-order valence-electron chi connectivity index (χ4n) is 2.66. The molecule has 2 rings (SSSR count). The van der Waals surface area contributed by atoms with Crippen molar-refractivity contribution in [2.24, 2.45) is 0 Å². The van der Waals surface area contributed by atoms with Crippen molar-refractivity contribution in [2.45, 2.75) is 40.2 Å². The van der Waals surface area contributed by atoms with Gasteiger partial charge in [-0.2, -0.15) is 0 Å². The molecule has 0 fully saturated rings. The molecule has 0 aliphatic rings. The van der Waals surface area contributed by atoms with E-state index in [2.05, 4.69) is 68.7 Å². The van der Waals surface area contributed by atoms with Gasteiger partial charge in [-0.25, -0.2) is 0 Å². The molecule has 0 bridgehead atoms. The minimum Gasteiger partial charge on any atom is -0.356 e. The molecule has 0 aromatic heterocycles. The van der Waals surface area contributed by atoms with Crippen LogP contribution in [0.5, 0.6) is 0 Å². The average molecular weight is 312 g/mol. The summed E-state index contributed by atoms with van der Waals surface area (Å²) in [6, 6.07) is 15.0. The number of thiocarbonyl (C=S) groups is 1. The molecule has 0 saturated carbocycles. The van der Waals surface area contributed by atoms with E-state index in [1.807, 2.05) is 12.1 Å². The minimum atomic E-state index is 0.227. The Bertz CT molecular complexity index is 664. The van der Waals surface area contributed by atoms with Gasteiger partial charge in [0.2, 0.25) is 0 Å². The van der Waals surface area contributed by atoms with E-state index in [-0.39, 0.29) is 6.04 Å². The molecule has 0 spiro atoms. The largest absolute Gasteiger partial charge is 0.356 e. The lowest BCUT2D eigenvalue weighted by atomic mass is 9.98. The first kappa shape index (κ1) is 16.5. The maximum absolute atomic E-state index is 5.47. The molecule has 2 aromatic rings. The van der Waals surface area contributed by atoms with Crippen molar-refractivity contribution in [2.75, 3.05) is 5.32 Å². The molecule has 1 atom stereocenters. The molecule has 0 aliphatic heterocycles. The van der Waals surface area contributed by atoms with Gasteiger partial charge in [0, 0.05) is 5.69 Å². The van der Waals surface area contributed by atoms with E-state index in [1.54, 1.807) is 0 Å². The first-order chi connectivity index (χ1) is 10.5. The second kappa shape index (κ2) is 7.41. The normalized spacial score (nSPS) is 11.8. The van der Waals surface area contributed by atoms with Crippen molar-refractivity contribution in [1.82, 2.24) is 5.32 Å². The molecule has 2 N–H and O–H groups in total. The molecule has 2 nitrogen and oxygen atoms in total. The molecular formula is C19H24N2S. The summed E-state index contributed by atoms with van der Waals surface area (Å²) in [7, 11) is 0. The molecule has 0 amide bonds. The Balaban J connectivity index is 2.08. The van der Waals surface area contributed by atoms with Crippen LogP contribution < -0.4 is 10.6 Å². The second-order valence-electron chi connectivity index (χ2n) is 5.79. The Morgan fingerprint density at radius 2 is 1.77 bits per heavy atom. The van der Waals surface area contributed by atoms with Gasteiger partial charge in [0.05, 0.1) is 6.04 Å². The third-order valence-electron chi connectivity index (χ3n) is 3.79. The monoisotopic (exact) mass is 312 g/mol. The van der Waals surface area contributed by atoms with Gasteiger partial charge in [-0.05, 0) is 68.2 Å². The smallest absolute Gasteiger partial charge is 0.171 e. The molecule has 22 heavy (non-hydrogen) atoms. The topological polar surface area (TPSA) is 24.1 Å². The number of rotatable bonds is 4. The Morgan fingerprint density at radius 3 is 2.41 bits per heavy atom. The standard InChI is InChI=1S/C19H24N2S/c1-5-18(17-10-9-14(3)11-15(17)4)21-19(22)20-16-8-6-7-13(2)12-16/h6-12,18H,5H2,1-4H3,(H2,20,21,22)/t18-/m1/s1. The fraction of sp³-hybridized carbons (Fsp3) is 0.316. The Kier molecular flexibility index (Phi) is 5.56. The lowest BCUT2D eigenvalue weighted by molar-refractivity contribution is 0.625. The van der Waals surface area contributed by atoms with Crippen molar-refractivity contribution in [3.05, 3.63) is 64.7 Å². The Morgan fingerprint density at radius 1 is 1.05 bits per heavy atom. The van der Waals surface area contributed by atoms with Crippen LogP contribution in [0, 0.1) is 20.8 Å². The molecule has 0 saturated heterocycles. The van der Waals surface area contributed by atoms with Crippen molar-refractivity contribution in [1.29, 1.82) is 0 Å². The zero-order valence-corrected chi connectivity index (χ0v) is 14.6. The van der Waals surface area contributed by atoms with Crippen molar-refractivity contribution in [3.8, 4) is 0 Å². The molecular weight excluding hydrogens is 288 g/mol. The predicted molar refractivity (Wildman–Crippen MR) is 99.5 cm³/mol. The zero-order chi connectivity index (χ0) is 16.1. The zero-order valence-electron chi connectivity index (χ0n) is 13.7. The van der Waals surface area contributed by atoms with Crippen LogP contribution in [0.1, 0.15) is 41.6 Å². The lowest BCUT2D eigenvalue weighted by Gasteiger charge is -2.22. The van der Waals surface area contributed by atoms with E-state index in [0.29, 0.717) is 5.11 Å². The van der Waals surface area contributed by atoms with E-state index < -0.39 is 0 Å². The molecule has 2 aromatic carbocycles. The van der Waals surface area contributed by atoms with Crippen LogP contribution in [0.3, 0.4) is 0 Å². The molecule has 0 unspecified atom stereocenters. The molecule has 0 radical (unpaired) electrons. The van der Waals surface area contributed by atoms with E-state index in [4.69, 9.17) is 12.2 Å². The van der Waals surface area contributed by atoms with Crippen LogP contribution in [0.15, 0.2) is 42.5 Å². The van der Waals surface area contributed by atoms with Crippen molar-refractivity contribution >= 4 is 23.0 Å². The van der Waals surface area contributed by atoms with Gasteiger partial charge < -0.3 is 10.6 Å². The highest BCUT2D eigenvalue weighted by atomic mass is 32.1. The summed E-state index contributed by atoms with van der Waals surface area (Å²) in [5.74, 6) is 0. The van der Waals surface area contributed by atoms with Crippen LogP contribution in [0.4, 0.5) is 5.69 Å². The van der Waals surface area contributed by atoms with Crippen molar-refractivity contribution in [3.63, 3.8) is 0 Å². The molecule has 0 aliphatic carbocycles. The lowest BCUT2D eigenvalue weighted by Crippen LogP contribution is -2.32. The first-order valence-electron chi connectivity index (χ1n) is 7.71. The van der Waals surface area contributed by atoms with E-state index in [0.717, 1.165) is 12.1 Å². The summed E-state index contributed by atoms with van der Waals surface area (Å²) in [5, 5.41) is 7.36. The summed E-state index contributed by atoms with van der Waals surface area (Å²) in [4.78, 5) is 0. The van der Waals surface area contributed by atoms with Gasteiger partial charge in [-0.15, -0.1) is 0 Å². The Hall–Kier alpha value is -1.87. The number of benzene rings is 2. The summed E-state index contributed by atoms with van der Waals surface area (Å²) >= 11 is 5.47. The molecule has 3 heteroatoms. The maximum Gasteiger partial charge on any atom is 0.171 e. The fourth-order valence-corrected chi connectivity index (χ4v) is 2.92. The molecule has 0 heterocycles. The van der Waals surface area contributed by atoms with E-state index >= 15 is 0 Å². The van der Waals surface area contributed by atoms with Gasteiger partial charge in [0.1, 0.15) is 0 Å². The highest BCUT2D eigenvalue weighted by Crippen LogP contribution is 2.22. The van der Waals surface area contributed by atoms with Crippen LogP contribution >= 0.6 is 12.2 Å². The second-order valence-corrected chi connectivity index (χ2v) is 6.20. The van der Waals surface area contributed by atoms with E-state index in [1.165, 1.54) is 22.3 Å². The van der Waals surface area contributed by atoms with Crippen LogP contribution in [-0.4, -0.2) is 5.11 Å². The summed E-state index contributed by atoms with van der Waals surface area (Å²) < 4.78 is 0. The number of aryl methyl sites for hydroxylation is 3. The number of anilines is 1. The molecule has 116 valence electrons. The highest BCUT2D eigenvalue weighted by Gasteiger charge is 2.13. The van der Waals surface area contributed by atoms with Crippen molar-refractivity contribution < 1.29 is 0 Å². The van der Waals surface area contributed by atoms with Crippen LogP contribution in [0.2, 0.25) is 0 Å². The quantitative estimate of drug-likeness (QED) is 0.773. The van der Waals surface area contributed by atoms with Gasteiger partial charge in [0.15, 0.2) is 5.11 Å². The maximum atomic E-state index is 5.47. The third-order valence-corrected chi connectivity index (χ3v) is 4.01. The van der Waals surface area contributed by atoms with Gasteiger partial charge in [-0.1, -0.05) is 42.8 Å². The number of hydrogen-bond donors (Lipinski definition) is 2. The number of hydrogen-bond acceptors (Lipinski definition) is 1. The average Bonchev–Trinajstić information content (AvgIpc) is 2.45. The van der Waals surface area contributed by atoms with E-state index in [9.17, 15) is 0 Å². The summed E-state index contributed by atoms with van der Waals surface area (Å²) in [5.41, 5.74) is 6.14. The van der Waals surface area contributed by atoms with Crippen LogP contribution in [-0.2, 0) is 0 Å². The summed E-state index contributed by atoms with van der Waals surface area (Å²) in [6.45, 7) is 8.53. The Labute approximate surface area is 139 Å². The SMILES string of the molecule is CC[C@@H](NC(=S)Nc1cccc(C)c1)c1ccc(C)cc1C. The van der Waals surface area contributed by atoms with Gasteiger partial charge in [-0.3, -0.25) is 0 Å². The van der Waals surface area contributed by atoms with Gasteiger partial charge in [0.25, 0.3) is 0 Å². The highest BCUT2D eigenvalue weighted by molar-refractivity contribution is 7.80.